The molecule has 19 heavy (non-hydrogen) atoms. The first-order chi connectivity index (χ1) is 9.06. The normalized spacial score (nSPS) is 10.3. The van der Waals surface area contributed by atoms with E-state index in [1.807, 2.05) is 38.1 Å². The Morgan fingerprint density at radius 2 is 2.16 bits per heavy atom. The Hall–Kier alpha value is -1.87. The van der Waals surface area contributed by atoms with Crippen molar-refractivity contribution >= 4 is 23.2 Å². The second-order valence-corrected chi connectivity index (χ2v) is 4.93. The van der Waals surface area contributed by atoms with Crippen molar-refractivity contribution in [1.82, 2.24) is 4.98 Å². The van der Waals surface area contributed by atoms with E-state index in [2.05, 4.69) is 10.3 Å². The highest BCUT2D eigenvalue weighted by Crippen LogP contribution is 2.27. The average Bonchev–Trinajstić information content (AvgIpc) is 2.35. The number of nitrogens with zero attached hydrogens (tertiary/aromatic N) is 1. The molecule has 1 aromatic carbocycles. The van der Waals surface area contributed by atoms with Crippen LogP contribution in [0.15, 0.2) is 36.7 Å². The zero-order chi connectivity index (χ0) is 13.8. The number of anilines is 1. The number of aryl methyl sites for hydroxylation is 2. The molecule has 1 amide bonds. The summed E-state index contributed by atoms with van der Waals surface area (Å²) in [7, 11) is 0. The van der Waals surface area contributed by atoms with Gasteiger partial charge in [-0.1, -0.05) is 23.7 Å². The number of carbonyl (C=O) groups is 1. The molecule has 0 atom stereocenters. The summed E-state index contributed by atoms with van der Waals surface area (Å²) in [6, 6.07) is 7.52. The molecule has 0 radical (unpaired) electrons. The monoisotopic (exact) mass is 274 g/mol. The lowest BCUT2D eigenvalue weighted by molar-refractivity contribution is -0.115. The standard InChI is InChI=1S/C15H15ClN2O/c1-10-6-11(2)15(13(16)7-10)18-14(19)8-12-4-3-5-17-9-12/h3-7,9H,8H2,1-2H3,(H,18,19). The highest BCUT2D eigenvalue weighted by Gasteiger charge is 2.10. The van der Waals surface area contributed by atoms with Crippen LogP contribution in [0, 0.1) is 13.8 Å². The molecule has 0 spiro atoms. The second-order valence-electron chi connectivity index (χ2n) is 4.52. The smallest absolute Gasteiger partial charge is 0.228 e. The van der Waals surface area contributed by atoms with Gasteiger partial charge in [-0.15, -0.1) is 0 Å². The summed E-state index contributed by atoms with van der Waals surface area (Å²) >= 11 is 6.15. The van der Waals surface area contributed by atoms with Crippen molar-refractivity contribution in [2.45, 2.75) is 20.3 Å². The topological polar surface area (TPSA) is 42.0 Å². The number of aromatic nitrogens is 1. The van der Waals surface area contributed by atoms with Crippen LogP contribution in [-0.2, 0) is 11.2 Å². The largest absolute Gasteiger partial charge is 0.324 e. The summed E-state index contributed by atoms with van der Waals surface area (Å²) in [5.41, 5.74) is 3.60. The first-order valence-electron chi connectivity index (χ1n) is 6.02. The van der Waals surface area contributed by atoms with Crippen LogP contribution in [0.4, 0.5) is 5.69 Å². The zero-order valence-corrected chi connectivity index (χ0v) is 11.7. The maximum absolute atomic E-state index is 12.0. The van der Waals surface area contributed by atoms with E-state index in [9.17, 15) is 4.79 Å². The third-order valence-corrected chi connectivity index (χ3v) is 3.08. The van der Waals surface area contributed by atoms with Crippen LogP contribution in [-0.4, -0.2) is 10.9 Å². The molecule has 3 nitrogen and oxygen atoms in total. The summed E-state index contributed by atoms with van der Waals surface area (Å²) in [5, 5.41) is 3.42. The minimum Gasteiger partial charge on any atom is -0.324 e. The number of hydrogen-bond donors (Lipinski definition) is 1. The molecule has 2 aromatic rings. The molecule has 0 aliphatic rings. The molecule has 0 aliphatic carbocycles. The molecular formula is C15H15ClN2O. The Balaban J connectivity index is 2.12. The fraction of sp³-hybridized carbons (Fsp3) is 0.200. The summed E-state index contributed by atoms with van der Waals surface area (Å²) in [4.78, 5) is 16.0. The number of nitrogens with one attached hydrogen (secondary N) is 1. The Morgan fingerprint density at radius 1 is 1.37 bits per heavy atom. The first kappa shape index (κ1) is 13.6. The van der Waals surface area contributed by atoms with Gasteiger partial charge in [0.1, 0.15) is 0 Å². The molecule has 98 valence electrons. The van der Waals surface area contributed by atoms with Crippen molar-refractivity contribution in [2.75, 3.05) is 5.32 Å². The molecular weight excluding hydrogens is 260 g/mol. The molecule has 0 fully saturated rings. The Bertz CT molecular complexity index is 573. The minimum absolute atomic E-state index is 0.0955. The molecule has 4 heteroatoms. The van der Waals surface area contributed by atoms with E-state index in [1.54, 1.807) is 12.4 Å². The van der Waals surface area contributed by atoms with Gasteiger partial charge in [0.2, 0.25) is 5.91 Å². The number of carbonyl (C=O) groups excluding carboxylic acids is 1. The third-order valence-electron chi connectivity index (χ3n) is 2.78. The van der Waals surface area contributed by atoms with Gasteiger partial charge in [-0.25, -0.2) is 0 Å². The first-order valence-corrected chi connectivity index (χ1v) is 6.39. The molecule has 1 aromatic heterocycles. The Labute approximate surface area is 117 Å². The number of hydrogen-bond acceptors (Lipinski definition) is 2. The molecule has 1 heterocycles. The fourth-order valence-electron chi connectivity index (χ4n) is 1.95. The maximum Gasteiger partial charge on any atom is 0.228 e. The van der Waals surface area contributed by atoms with Crippen molar-refractivity contribution < 1.29 is 4.79 Å². The van der Waals surface area contributed by atoms with Crippen LogP contribution >= 0.6 is 11.6 Å². The Morgan fingerprint density at radius 3 is 2.79 bits per heavy atom. The second kappa shape index (κ2) is 5.85. The summed E-state index contributed by atoms with van der Waals surface area (Å²) < 4.78 is 0. The van der Waals surface area contributed by atoms with Crippen molar-refractivity contribution in [3.63, 3.8) is 0 Å². The number of rotatable bonds is 3. The summed E-state index contributed by atoms with van der Waals surface area (Å²) in [6.45, 7) is 3.90. The summed E-state index contributed by atoms with van der Waals surface area (Å²) in [6.07, 6.45) is 3.66. The zero-order valence-electron chi connectivity index (χ0n) is 10.9. The van der Waals surface area contributed by atoms with Gasteiger partial charge in [0.05, 0.1) is 17.1 Å². The van der Waals surface area contributed by atoms with E-state index in [0.29, 0.717) is 10.7 Å². The maximum atomic E-state index is 12.0. The highest BCUT2D eigenvalue weighted by atomic mass is 35.5. The quantitative estimate of drug-likeness (QED) is 0.930. The summed E-state index contributed by atoms with van der Waals surface area (Å²) in [5.74, 6) is -0.0955. The number of amides is 1. The SMILES string of the molecule is Cc1cc(C)c(NC(=O)Cc2cccnc2)c(Cl)c1. The molecule has 0 aliphatic heterocycles. The predicted molar refractivity (Wildman–Crippen MR) is 77.5 cm³/mol. The van der Waals surface area contributed by atoms with Crippen molar-refractivity contribution in [2.24, 2.45) is 0 Å². The van der Waals surface area contributed by atoms with Crippen molar-refractivity contribution in [3.8, 4) is 0 Å². The van der Waals surface area contributed by atoms with Crippen LogP contribution < -0.4 is 5.32 Å². The van der Waals surface area contributed by atoms with Crippen LogP contribution in [0.3, 0.4) is 0 Å². The molecule has 0 saturated heterocycles. The average molecular weight is 275 g/mol. The minimum atomic E-state index is -0.0955. The van der Waals surface area contributed by atoms with Gasteiger partial charge in [0, 0.05) is 12.4 Å². The van der Waals surface area contributed by atoms with Gasteiger partial charge < -0.3 is 5.32 Å². The van der Waals surface area contributed by atoms with Gasteiger partial charge in [-0.2, -0.15) is 0 Å². The van der Waals surface area contributed by atoms with Crippen molar-refractivity contribution in [3.05, 3.63) is 58.4 Å². The number of halogens is 1. The van der Waals surface area contributed by atoms with Crippen LogP contribution in [0.1, 0.15) is 16.7 Å². The molecule has 2 rings (SSSR count). The highest BCUT2D eigenvalue weighted by molar-refractivity contribution is 6.34. The molecule has 1 N–H and O–H groups in total. The van der Waals surface area contributed by atoms with E-state index in [-0.39, 0.29) is 12.3 Å². The van der Waals surface area contributed by atoms with Gasteiger partial charge in [0.25, 0.3) is 0 Å². The predicted octanol–water partition coefficient (Wildman–Crippen LogP) is 3.53. The lowest BCUT2D eigenvalue weighted by Crippen LogP contribution is -2.15. The third kappa shape index (κ3) is 3.55. The van der Waals surface area contributed by atoms with Crippen LogP contribution in [0.5, 0.6) is 0 Å². The van der Waals surface area contributed by atoms with E-state index in [1.165, 1.54) is 0 Å². The van der Waals surface area contributed by atoms with Gasteiger partial charge in [-0.3, -0.25) is 9.78 Å². The number of benzene rings is 1. The van der Waals surface area contributed by atoms with Gasteiger partial charge >= 0.3 is 0 Å². The van der Waals surface area contributed by atoms with E-state index in [0.717, 1.165) is 16.7 Å². The van der Waals surface area contributed by atoms with E-state index in [4.69, 9.17) is 11.6 Å². The Kier molecular flexibility index (Phi) is 4.17. The van der Waals surface area contributed by atoms with Gasteiger partial charge in [0.15, 0.2) is 0 Å². The molecule has 0 unspecified atom stereocenters. The van der Waals surface area contributed by atoms with Crippen LogP contribution in [0.2, 0.25) is 5.02 Å². The molecule has 0 saturated carbocycles. The number of pyridine rings is 1. The molecule has 0 bridgehead atoms. The van der Waals surface area contributed by atoms with Gasteiger partial charge in [-0.05, 0) is 42.7 Å². The fourth-order valence-corrected chi connectivity index (χ4v) is 2.31. The lowest BCUT2D eigenvalue weighted by atomic mass is 10.1. The van der Waals surface area contributed by atoms with E-state index >= 15 is 0 Å². The van der Waals surface area contributed by atoms with Crippen LogP contribution in [0.25, 0.3) is 0 Å². The van der Waals surface area contributed by atoms with Crippen molar-refractivity contribution in [1.29, 1.82) is 0 Å². The van der Waals surface area contributed by atoms with E-state index < -0.39 is 0 Å². The lowest BCUT2D eigenvalue weighted by Gasteiger charge is -2.11.